The van der Waals surface area contributed by atoms with E-state index in [4.69, 9.17) is 14.3 Å². The van der Waals surface area contributed by atoms with E-state index in [1.165, 1.54) is 17.0 Å². The Morgan fingerprint density at radius 1 is 1.06 bits per heavy atom. The fourth-order valence-electron chi connectivity index (χ4n) is 6.19. The summed E-state index contributed by atoms with van der Waals surface area (Å²) in [6, 6.07) is 1.43. The summed E-state index contributed by atoms with van der Waals surface area (Å²) < 4.78 is 52.8. The quantitative estimate of drug-likeness (QED) is 0.235. The van der Waals surface area contributed by atoms with E-state index in [0.29, 0.717) is 30.7 Å². The van der Waals surface area contributed by atoms with Gasteiger partial charge in [0.1, 0.15) is 29.5 Å². The van der Waals surface area contributed by atoms with Gasteiger partial charge in [0.05, 0.1) is 31.5 Å². The topological polar surface area (TPSA) is 174 Å². The highest BCUT2D eigenvalue weighted by Gasteiger charge is 2.54. The average molecular weight is 724 g/mol. The number of hydrogen-bond donors (Lipinski definition) is 4. The zero-order chi connectivity index (χ0) is 37.1. The highest BCUT2D eigenvalue weighted by Crippen LogP contribution is 2.39. The van der Waals surface area contributed by atoms with Crippen molar-refractivity contribution >= 4 is 35.3 Å². The Balaban J connectivity index is 1.41. The molecular formula is C34H44F3N5O9. The third kappa shape index (κ3) is 9.70. The summed E-state index contributed by atoms with van der Waals surface area (Å²) in [4.78, 5) is 74.4. The second-order valence-electron chi connectivity index (χ2n) is 14.4. The number of rotatable bonds is 12. The van der Waals surface area contributed by atoms with Crippen LogP contribution in [0.5, 0.6) is 5.75 Å². The summed E-state index contributed by atoms with van der Waals surface area (Å²) in [6.07, 6.45) is -1.95. The number of benzene rings is 1. The highest BCUT2D eigenvalue weighted by atomic mass is 19.4. The first-order valence-corrected chi connectivity index (χ1v) is 17.0. The number of hydroxylamine groups is 1. The molecular weight excluding hydrogens is 679 g/mol. The van der Waals surface area contributed by atoms with Crippen LogP contribution < -0.4 is 26.2 Å². The van der Waals surface area contributed by atoms with Gasteiger partial charge in [-0.3, -0.25) is 29.5 Å². The van der Waals surface area contributed by atoms with E-state index in [-0.39, 0.29) is 32.0 Å². The Bertz CT molecular complexity index is 1520. The lowest BCUT2D eigenvalue weighted by molar-refractivity contribution is -0.274. The van der Waals surface area contributed by atoms with E-state index in [9.17, 15) is 37.1 Å². The number of carbonyl (C=O) groups excluding carboxylic acids is 5. The summed E-state index contributed by atoms with van der Waals surface area (Å²) in [6.45, 7) is 7.50. The predicted octanol–water partition coefficient (Wildman–Crippen LogP) is 2.86. The standard InChI is InChI=1S/C34H44F3N5O9/c1-5-6-23(26(43)29(45)38-20-9-10-20)39-28(44)25-16-33(15-24(41-51-33)19-7-11-21(12-8-19)50-34(35,36)37)18-42(25)30(46)27(32(2,3)4)40-31(47)49-22-13-14-48-17-22/h7-8,11-12,15,20,22-23,25,27,41H,5-6,9-10,13-14,16-18H2,1-4H3,(H,38,45)(H,39,44)(H,40,47)/t22-,23-,25-,27+,33+/m0/s1. The molecule has 1 aliphatic carbocycles. The maximum atomic E-state index is 14.4. The van der Waals surface area contributed by atoms with E-state index in [1.807, 2.05) is 0 Å². The van der Waals surface area contributed by atoms with Gasteiger partial charge in [0.25, 0.3) is 5.91 Å². The molecule has 0 aromatic heterocycles. The lowest BCUT2D eigenvalue weighted by atomic mass is 9.85. The minimum atomic E-state index is -4.86. The Labute approximate surface area is 293 Å². The monoisotopic (exact) mass is 723 g/mol. The molecule has 1 aromatic carbocycles. The summed E-state index contributed by atoms with van der Waals surface area (Å²) in [5.41, 5.74) is 1.40. The van der Waals surface area contributed by atoms with Crippen molar-refractivity contribution in [1.82, 2.24) is 26.3 Å². The lowest BCUT2D eigenvalue weighted by Gasteiger charge is -2.35. The van der Waals surface area contributed by atoms with Crippen molar-refractivity contribution in [2.75, 3.05) is 19.8 Å². The number of carbonyl (C=O) groups is 5. The Morgan fingerprint density at radius 2 is 1.76 bits per heavy atom. The number of Topliss-reactive ketones (excluding diaryl/α,β-unsaturated/α-hetero) is 1. The highest BCUT2D eigenvalue weighted by molar-refractivity contribution is 6.38. The fraction of sp³-hybridized carbons (Fsp3) is 0.618. The number of amides is 4. The van der Waals surface area contributed by atoms with E-state index < -0.39 is 77.0 Å². The van der Waals surface area contributed by atoms with E-state index in [2.05, 4.69) is 26.2 Å². The molecule has 4 amide bonds. The zero-order valence-electron chi connectivity index (χ0n) is 28.9. The molecule has 1 saturated carbocycles. The van der Waals surface area contributed by atoms with Crippen LogP contribution in [0.4, 0.5) is 18.0 Å². The predicted molar refractivity (Wildman–Crippen MR) is 173 cm³/mol. The maximum absolute atomic E-state index is 14.4. The van der Waals surface area contributed by atoms with Gasteiger partial charge in [0, 0.05) is 18.9 Å². The number of nitrogens with zero attached hydrogens (tertiary/aromatic N) is 1. The summed E-state index contributed by atoms with van der Waals surface area (Å²) in [5.74, 6) is -3.34. The van der Waals surface area contributed by atoms with Gasteiger partial charge in [0.15, 0.2) is 0 Å². The number of nitrogens with one attached hydrogen (secondary N) is 4. The third-order valence-electron chi connectivity index (χ3n) is 8.99. The molecule has 4 N–H and O–H groups in total. The normalized spacial score (nSPS) is 24.3. The summed E-state index contributed by atoms with van der Waals surface area (Å²) in [7, 11) is 0. The number of ether oxygens (including phenoxy) is 3. The first-order valence-electron chi connectivity index (χ1n) is 17.0. The first-order chi connectivity index (χ1) is 24.0. The molecule has 2 saturated heterocycles. The van der Waals surface area contributed by atoms with Gasteiger partial charge >= 0.3 is 12.5 Å². The molecule has 17 heteroatoms. The molecule has 3 aliphatic heterocycles. The second kappa shape index (κ2) is 15.1. The number of halogens is 3. The van der Waals surface area contributed by atoms with Gasteiger partial charge < -0.3 is 35.1 Å². The molecule has 0 unspecified atom stereocenters. The third-order valence-corrected chi connectivity index (χ3v) is 8.99. The Hall–Kier alpha value is -4.38. The van der Waals surface area contributed by atoms with Gasteiger partial charge in [0.2, 0.25) is 17.6 Å². The van der Waals surface area contributed by atoms with Crippen molar-refractivity contribution in [1.29, 1.82) is 0 Å². The van der Waals surface area contributed by atoms with Crippen LogP contribution in [0, 0.1) is 5.41 Å². The Kier molecular flexibility index (Phi) is 11.2. The van der Waals surface area contributed by atoms with E-state index in [0.717, 1.165) is 25.0 Å². The minimum absolute atomic E-state index is 0.0710. The molecule has 0 bridgehead atoms. The fourth-order valence-corrected chi connectivity index (χ4v) is 6.19. The molecule has 4 aliphatic rings. The van der Waals surface area contributed by atoms with Gasteiger partial charge in [-0.25, -0.2) is 4.79 Å². The molecule has 1 spiro atoms. The van der Waals surface area contributed by atoms with Crippen LogP contribution in [0.15, 0.2) is 30.3 Å². The molecule has 5 rings (SSSR count). The molecule has 51 heavy (non-hydrogen) atoms. The number of ketones is 1. The van der Waals surface area contributed by atoms with Crippen LogP contribution >= 0.6 is 0 Å². The van der Waals surface area contributed by atoms with Crippen molar-refractivity contribution in [2.24, 2.45) is 5.41 Å². The number of alkyl halides is 3. The number of likely N-dealkylation sites (tertiary alicyclic amines) is 1. The van der Waals surface area contributed by atoms with Crippen LogP contribution in [0.2, 0.25) is 0 Å². The minimum Gasteiger partial charge on any atom is -0.444 e. The van der Waals surface area contributed by atoms with Crippen molar-refractivity contribution in [3.8, 4) is 5.75 Å². The zero-order valence-corrected chi connectivity index (χ0v) is 28.9. The Morgan fingerprint density at radius 3 is 2.35 bits per heavy atom. The molecule has 1 aromatic rings. The van der Waals surface area contributed by atoms with Gasteiger partial charge in [-0.1, -0.05) is 34.1 Å². The van der Waals surface area contributed by atoms with Crippen LogP contribution in [-0.2, 0) is 33.5 Å². The van der Waals surface area contributed by atoms with Crippen molar-refractivity contribution in [3.63, 3.8) is 0 Å². The molecule has 3 heterocycles. The molecule has 280 valence electrons. The molecule has 0 radical (unpaired) electrons. The van der Waals surface area contributed by atoms with Crippen LogP contribution in [0.25, 0.3) is 5.70 Å². The molecule has 14 nitrogen and oxygen atoms in total. The largest absolute Gasteiger partial charge is 0.573 e. The van der Waals surface area contributed by atoms with Gasteiger partial charge in [-0.15, -0.1) is 13.2 Å². The second-order valence-corrected chi connectivity index (χ2v) is 14.4. The van der Waals surface area contributed by atoms with Crippen LogP contribution in [0.1, 0.15) is 71.8 Å². The number of alkyl carbamates (subject to hydrolysis) is 1. The summed E-state index contributed by atoms with van der Waals surface area (Å²) >= 11 is 0. The average Bonchev–Trinajstić information content (AvgIpc) is 3.40. The van der Waals surface area contributed by atoms with Crippen molar-refractivity contribution < 1.29 is 56.2 Å². The lowest BCUT2D eigenvalue weighted by Crippen LogP contribution is -2.59. The van der Waals surface area contributed by atoms with Crippen LogP contribution in [-0.4, -0.2) is 96.5 Å². The number of hydrogen-bond acceptors (Lipinski definition) is 10. The smallest absolute Gasteiger partial charge is 0.444 e. The van der Waals surface area contributed by atoms with Crippen molar-refractivity contribution in [2.45, 2.75) is 108 Å². The van der Waals surface area contributed by atoms with Gasteiger partial charge in [-0.05, 0) is 60.6 Å². The van der Waals surface area contributed by atoms with Crippen LogP contribution in [0.3, 0.4) is 0 Å². The maximum Gasteiger partial charge on any atom is 0.573 e. The summed E-state index contributed by atoms with van der Waals surface area (Å²) in [5, 5.41) is 8.00. The van der Waals surface area contributed by atoms with Crippen molar-refractivity contribution in [3.05, 3.63) is 35.9 Å². The molecule has 5 atom stereocenters. The van der Waals surface area contributed by atoms with Gasteiger partial charge in [-0.2, -0.15) is 0 Å². The van der Waals surface area contributed by atoms with E-state index >= 15 is 0 Å². The first kappa shape index (κ1) is 37.9. The molecule has 3 fully saturated rings. The van der Waals surface area contributed by atoms with E-state index in [1.54, 1.807) is 33.8 Å². The SMILES string of the molecule is CCC[C@H](NC(=O)[C@@H]1C[C@]2(C=C(c3ccc(OC(F)(F)F)cc3)NO2)CN1C(=O)[C@@H](NC(=O)O[C@H]1CCOC1)C(C)(C)C)C(=O)C(=O)NC1CC1.